The third-order valence-electron chi connectivity index (χ3n) is 2.55. The third kappa shape index (κ3) is 3.92. The van der Waals surface area contributed by atoms with Crippen molar-refractivity contribution in [2.45, 2.75) is 6.92 Å². The first kappa shape index (κ1) is 14.3. The molecule has 0 fully saturated rings. The molecule has 0 aliphatic carbocycles. The SMILES string of the molecule is Cc1ccc(Br)cc1Nc1cc(NCC(=O)O)ncn1. The van der Waals surface area contributed by atoms with Crippen LogP contribution in [0.2, 0.25) is 0 Å². The molecule has 0 unspecified atom stereocenters. The van der Waals surface area contributed by atoms with Gasteiger partial charge in [0.25, 0.3) is 0 Å². The zero-order valence-electron chi connectivity index (χ0n) is 10.7. The lowest BCUT2D eigenvalue weighted by Gasteiger charge is -2.10. The molecular formula is C13H13BrN4O2. The third-order valence-corrected chi connectivity index (χ3v) is 3.04. The molecule has 0 aliphatic rings. The highest BCUT2D eigenvalue weighted by Crippen LogP contribution is 2.24. The van der Waals surface area contributed by atoms with Crippen molar-refractivity contribution in [3.63, 3.8) is 0 Å². The Morgan fingerprint density at radius 3 is 2.80 bits per heavy atom. The maximum Gasteiger partial charge on any atom is 0.322 e. The zero-order chi connectivity index (χ0) is 14.5. The van der Waals surface area contributed by atoms with Gasteiger partial charge in [-0.1, -0.05) is 22.0 Å². The molecule has 1 aromatic carbocycles. The van der Waals surface area contributed by atoms with E-state index in [1.54, 1.807) is 6.07 Å². The molecular weight excluding hydrogens is 324 g/mol. The van der Waals surface area contributed by atoms with Gasteiger partial charge in [-0.05, 0) is 24.6 Å². The molecule has 0 radical (unpaired) electrons. The lowest BCUT2D eigenvalue weighted by molar-refractivity contribution is -0.134. The minimum absolute atomic E-state index is 0.188. The first-order valence-corrected chi connectivity index (χ1v) is 6.65. The van der Waals surface area contributed by atoms with Crippen molar-refractivity contribution in [2.75, 3.05) is 17.2 Å². The number of rotatable bonds is 5. The van der Waals surface area contributed by atoms with Crippen LogP contribution in [0.5, 0.6) is 0 Å². The van der Waals surface area contributed by atoms with E-state index in [1.165, 1.54) is 6.33 Å². The number of nitrogens with one attached hydrogen (secondary N) is 2. The molecule has 0 amide bonds. The molecule has 0 saturated carbocycles. The van der Waals surface area contributed by atoms with Gasteiger partial charge in [0.05, 0.1) is 0 Å². The Hall–Kier alpha value is -2.15. The van der Waals surface area contributed by atoms with Crippen molar-refractivity contribution in [3.8, 4) is 0 Å². The Morgan fingerprint density at radius 1 is 1.30 bits per heavy atom. The van der Waals surface area contributed by atoms with Gasteiger partial charge in [0.15, 0.2) is 0 Å². The predicted molar refractivity (Wildman–Crippen MR) is 80.3 cm³/mol. The molecule has 1 heterocycles. The average molecular weight is 337 g/mol. The van der Waals surface area contributed by atoms with Gasteiger partial charge >= 0.3 is 5.97 Å². The Morgan fingerprint density at radius 2 is 2.05 bits per heavy atom. The van der Waals surface area contributed by atoms with Crippen LogP contribution in [0.4, 0.5) is 17.3 Å². The van der Waals surface area contributed by atoms with E-state index in [-0.39, 0.29) is 6.54 Å². The molecule has 2 aromatic rings. The van der Waals surface area contributed by atoms with Crippen LogP contribution in [-0.4, -0.2) is 27.6 Å². The standard InChI is InChI=1S/C13H13BrN4O2/c1-8-2-3-9(14)4-10(8)18-12-5-11(16-7-17-12)15-6-13(19)20/h2-5,7H,6H2,1H3,(H,19,20)(H2,15,16,17,18). The molecule has 6 nitrogen and oxygen atoms in total. The molecule has 3 N–H and O–H groups in total. The second kappa shape index (κ2) is 6.33. The Balaban J connectivity index is 2.15. The highest BCUT2D eigenvalue weighted by atomic mass is 79.9. The van der Waals surface area contributed by atoms with E-state index in [9.17, 15) is 4.79 Å². The minimum atomic E-state index is -0.944. The topological polar surface area (TPSA) is 87.1 Å². The van der Waals surface area contributed by atoms with Gasteiger partial charge in [0, 0.05) is 16.2 Å². The lowest BCUT2D eigenvalue weighted by Crippen LogP contribution is -2.13. The number of aromatic nitrogens is 2. The summed E-state index contributed by atoms with van der Waals surface area (Å²) in [5.74, 6) is 0.104. The Kier molecular flexibility index (Phi) is 4.52. The highest BCUT2D eigenvalue weighted by molar-refractivity contribution is 9.10. The normalized spacial score (nSPS) is 10.1. The van der Waals surface area contributed by atoms with Gasteiger partial charge in [0.2, 0.25) is 0 Å². The maximum atomic E-state index is 10.5. The van der Waals surface area contributed by atoms with E-state index < -0.39 is 5.97 Å². The number of anilines is 3. The lowest BCUT2D eigenvalue weighted by atomic mass is 10.2. The second-order valence-corrected chi connectivity index (χ2v) is 5.04. The first-order valence-electron chi connectivity index (χ1n) is 5.85. The molecule has 2 rings (SSSR count). The van der Waals surface area contributed by atoms with Crippen LogP contribution in [0.15, 0.2) is 35.1 Å². The van der Waals surface area contributed by atoms with E-state index in [0.717, 1.165) is 15.7 Å². The largest absolute Gasteiger partial charge is 0.480 e. The summed E-state index contributed by atoms with van der Waals surface area (Å²) >= 11 is 3.41. The van der Waals surface area contributed by atoms with E-state index in [4.69, 9.17) is 5.11 Å². The quantitative estimate of drug-likeness (QED) is 0.778. The van der Waals surface area contributed by atoms with Gasteiger partial charge in [-0.3, -0.25) is 4.79 Å². The van der Waals surface area contributed by atoms with Crippen molar-refractivity contribution >= 4 is 39.2 Å². The van der Waals surface area contributed by atoms with E-state index >= 15 is 0 Å². The van der Waals surface area contributed by atoms with E-state index in [0.29, 0.717) is 11.6 Å². The van der Waals surface area contributed by atoms with Crippen LogP contribution < -0.4 is 10.6 Å². The molecule has 0 atom stereocenters. The number of hydrogen-bond acceptors (Lipinski definition) is 5. The summed E-state index contributed by atoms with van der Waals surface area (Å²) in [4.78, 5) is 18.6. The zero-order valence-corrected chi connectivity index (χ0v) is 12.3. The summed E-state index contributed by atoms with van der Waals surface area (Å²) in [5.41, 5.74) is 1.99. The summed E-state index contributed by atoms with van der Waals surface area (Å²) in [6, 6.07) is 7.54. The van der Waals surface area contributed by atoms with Gasteiger partial charge in [0.1, 0.15) is 24.5 Å². The number of benzene rings is 1. The van der Waals surface area contributed by atoms with Crippen LogP contribution in [0.3, 0.4) is 0 Å². The molecule has 20 heavy (non-hydrogen) atoms. The van der Waals surface area contributed by atoms with Crippen molar-refractivity contribution < 1.29 is 9.90 Å². The van der Waals surface area contributed by atoms with Crippen LogP contribution in [0, 0.1) is 6.92 Å². The Bertz CT molecular complexity index is 634. The van der Waals surface area contributed by atoms with Crippen molar-refractivity contribution in [2.24, 2.45) is 0 Å². The van der Waals surface area contributed by atoms with Crippen LogP contribution >= 0.6 is 15.9 Å². The number of aryl methyl sites for hydroxylation is 1. The summed E-state index contributed by atoms with van der Waals surface area (Å²) in [6.07, 6.45) is 1.37. The van der Waals surface area contributed by atoms with Gasteiger partial charge < -0.3 is 15.7 Å². The fourth-order valence-electron chi connectivity index (χ4n) is 1.56. The maximum absolute atomic E-state index is 10.5. The van der Waals surface area contributed by atoms with Crippen molar-refractivity contribution in [1.29, 1.82) is 0 Å². The summed E-state index contributed by atoms with van der Waals surface area (Å²) in [5, 5.41) is 14.5. The predicted octanol–water partition coefficient (Wildman–Crippen LogP) is 2.79. The minimum Gasteiger partial charge on any atom is -0.480 e. The molecule has 0 spiro atoms. The summed E-state index contributed by atoms with van der Waals surface area (Å²) in [7, 11) is 0. The number of aliphatic carboxylic acids is 1. The molecule has 0 saturated heterocycles. The summed E-state index contributed by atoms with van der Waals surface area (Å²) < 4.78 is 0.962. The number of carboxylic acid groups (broad SMARTS) is 1. The monoisotopic (exact) mass is 336 g/mol. The molecule has 104 valence electrons. The van der Waals surface area contributed by atoms with Crippen LogP contribution in [0.25, 0.3) is 0 Å². The number of carbonyl (C=O) groups is 1. The number of hydrogen-bond donors (Lipinski definition) is 3. The highest BCUT2D eigenvalue weighted by Gasteiger charge is 2.04. The van der Waals surface area contributed by atoms with Gasteiger partial charge in [-0.15, -0.1) is 0 Å². The molecule has 1 aromatic heterocycles. The number of halogens is 1. The number of nitrogens with zero attached hydrogens (tertiary/aromatic N) is 2. The number of carboxylic acids is 1. The van der Waals surface area contributed by atoms with Gasteiger partial charge in [-0.25, -0.2) is 9.97 Å². The summed E-state index contributed by atoms with van der Waals surface area (Å²) in [6.45, 7) is 1.80. The molecule has 7 heteroatoms. The van der Waals surface area contributed by atoms with Crippen molar-refractivity contribution in [3.05, 3.63) is 40.6 Å². The van der Waals surface area contributed by atoms with E-state index in [2.05, 4.69) is 36.5 Å². The fourth-order valence-corrected chi connectivity index (χ4v) is 1.92. The Labute approximate surface area is 124 Å². The average Bonchev–Trinajstić information content (AvgIpc) is 2.41. The van der Waals surface area contributed by atoms with Crippen LogP contribution in [-0.2, 0) is 4.79 Å². The van der Waals surface area contributed by atoms with Crippen molar-refractivity contribution in [1.82, 2.24) is 9.97 Å². The first-order chi connectivity index (χ1) is 9.54. The smallest absolute Gasteiger partial charge is 0.322 e. The van der Waals surface area contributed by atoms with Gasteiger partial charge in [-0.2, -0.15) is 0 Å². The second-order valence-electron chi connectivity index (χ2n) is 4.12. The van der Waals surface area contributed by atoms with E-state index in [1.807, 2.05) is 25.1 Å². The fraction of sp³-hybridized carbons (Fsp3) is 0.154. The molecule has 0 bridgehead atoms. The van der Waals surface area contributed by atoms with Crippen LogP contribution in [0.1, 0.15) is 5.56 Å². The molecule has 0 aliphatic heterocycles.